The molecule has 0 fully saturated rings. The zero-order valence-corrected chi connectivity index (χ0v) is 11.1. The molecule has 0 bridgehead atoms. The Kier molecular flexibility index (Phi) is 4.30. The van der Waals surface area contributed by atoms with Crippen molar-refractivity contribution in [3.05, 3.63) is 69.8 Å². The number of nitrogens with one attached hydrogen (secondary N) is 1. The smallest absolute Gasteiger partial charge is 0.142 e. The summed E-state index contributed by atoms with van der Waals surface area (Å²) >= 11 is 5.47. The number of hydrogen-bond acceptors (Lipinski definition) is 1. The average Bonchev–Trinajstić information content (AvgIpc) is 2.35. The molecular formula is C14H10ClF4N. The van der Waals surface area contributed by atoms with E-state index in [9.17, 15) is 17.6 Å². The van der Waals surface area contributed by atoms with Gasteiger partial charge in [0.05, 0.1) is 11.1 Å². The zero-order chi connectivity index (χ0) is 14.9. The van der Waals surface area contributed by atoms with Crippen molar-refractivity contribution >= 4 is 11.6 Å². The number of benzene rings is 2. The van der Waals surface area contributed by atoms with Crippen LogP contribution < -0.4 is 5.32 Å². The van der Waals surface area contributed by atoms with E-state index >= 15 is 0 Å². The lowest BCUT2D eigenvalue weighted by molar-refractivity contribution is 0.547. The van der Waals surface area contributed by atoms with E-state index in [2.05, 4.69) is 5.32 Å². The van der Waals surface area contributed by atoms with Gasteiger partial charge in [-0.15, -0.1) is 0 Å². The highest BCUT2D eigenvalue weighted by Crippen LogP contribution is 2.28. The fourth-order valence-corrected chi connectivity index (χ4v) is 2.15. The molecule has 0 aliphatic rings. The number of hydrogen-bond donors (Lipinski definition) is 1. The highest BCUT2D eigenvalue weighted by molar-refractivity contribution is 6.30. The van der Waals surface area contributed by atoms with E-state index in [1.54, 1.807) is 0 Å². The van der Waals surface area contributed by atoms with Crippen LogP contribution in [0.3, 0.4) is 0 Å². The van der Waals surface area contributed by atoms with Gasteiger partial charge in [0.1, 0.15) is 23.3 Å². The monoisotopic (exact) mass is 303 g/mol. The molecule has 0 aliphatic heterocycles. The van der Waals surface area contributed by atoms with E-state index in [0.29, 0.717) is 6.07 Å². The van der Waals surface area contributed by atoms with Crippen LogP contribution in [0.4, 0.5) is 17.6 Å². The van der Waals surface area contributed by atoms with Crippen LogP contribution in [0.2, 0.25) is 5.02 Å². The molecule has 0 aliphatic carbocycles. The van der Waals surface area contributed by atoms with Gasteiger partial charge < -0.3 is 5.32 Å². The van der Waals surface area contributed by atoms with E-state index in [1.807, 2.05) is 0 Å². The van der Waals surface area contributed by atoms with Gasteiger partial charge in [-0.25, -0.2) is 17.6 Å². The molecule has 1 unspecified atom stereocenters. The second-order valence-electron chi connectivity index (χ2n) is 4.21. The summed E-state index contributed by atoms with van der Waals surface area (Å²) in [7, 11) is 1.47. The Bertz CT molecular complexity index is 625. The van der Waals surface area contributed by atoms with Crippen LogP contribution in [-0.4, -0.2) is 7.05 Å². The average molecular weight is 304 g/mol. The molecule has 0 aromatic heterocycles. The van der Waals surface area contributed by atoms with Crippen LogP contribution in [-0.2, 0) is 0 Å². The van der Waals surface area contributed by atoms with E-state index in [-0.39, 0.29) is 16.1 Å². The zero-order valence-electron chi connectivity index (χ0n) is 10.4. The standard InChI is InChI=1S/C14H10ClF4N/c1-20-14(7-2-8(16)4-9(17)3-7)10-5-13(19)11(15)6-12(10)18/h2-6,14,20H,1H3. The minimum atomic E-state index is -0.896. The molecule has 0 saturated carbocycles. The summed E-state index contributed by atoms with van der Waals surface area (Å²) in [4.78, 5) is 0. The molecule has 0 radical (unpaired) electrons. The minimum Gasteiger partial charge on any atom is -0.309 e. The van der Waals surface area contributed by atoms with Crippen molar-refractivity contribution in [2.24, 2.45) is 0 Å². The number of rotatable bonds is 3. The Balaban J connectivity index is 2.55. The fraction of sp³-hybridized carbons (Fsp3) is 0.143. The third-order valence-corrected chi connectivity index (χ3v) is 3.15. The summed E-state index contributed by atoms with van der Waals surface area (Å²) in [5.41, 5.74) is 0.0602. The van der Waals surface area contributed by atoms with Crippen LogP contribution >= 0.6 is 11.6 Å². The summed E-state index contributed by atoms with van der Waals surface area (Å²) in [6, 6.07) is 3.64. The van der Waals surface area contributed by atoms with Crippen LogP contribution in [0.25, 0.3) is 0 Å². The molecule has 2 rings (SSSR count). The van der Waals surface area contributed by atoms with Gasteiger partial charge in [0.25, 0.3) is 0 Å². The van der Waals surface area contributed by atoms with Gasteiger partial charge in [0.2, 0.25) is 0 Å². The molecule has 1 atom stereocenters. The quantitative estimate of drug-likeness (QED) is 0.662. The molecule has 2 aromatic rings. The first kappa shape index (κ1) is 14.8. The molecular weight excluding hydrogens is 294 g/mol. The molecule has 0 spiro atoms. The summed E-state index contributed by atoms with van der Waals surface area (Å²) in [5, 5.41) is 2.34. The summed E-state index contributed by atoms with van der Waals surface area (Å²) in [6.45, 7) is 0. The van der Waals surface area contributed by atoms with Gasteiger partial charge >= 0.3 is 0 Å². The second-order valence-corrected chi connectivity index (χ2v) is 4.62. The lowest BCUT2D eigenvalue weighted by Crippen LogP contribution is -2.19. The molecule has 0 heterocycles. The van der Waals surface area contributed by atoms with Gasteiger partial charge in [0.15, 0.2) is 0 Å². The molecule has 0 amide bonds. The maximum atomic E-state index is 13.9. The van der Waals surface area contributed by atoms with Crippen molar-refractivity contribution in [2.45, 2.75) is 6.04 Å². The first-order chi connectivity index (χ1) is 9.42. The van der Waals surface area contributed by atoms with Crippen molar-refractivity contribution in [1.82, 2.24) is 5.32 Å². The normalized spacial score (nSPS) is 12.5. The van der Waals surface area contributed by atoms with Gasteiger partial charge in [0, 0.05) is 11.6 Å². The van der Waals surface area contributed by atoms with Gasteiger partial charge in [-0.3, -0.25) is 0 Å². The topological polar surface area (TPSA) is 12.0 Å². The van der Waals surface area contributed by atoms with E-state index in [1.165, 1.54) is 7.05 Å². The van der Waals surface area contributed by atoms with Crippen molar-refractivity contribution in [3.63, 3.8) is 0 Å². The van der Waals surface area contributed by atoms with Crippen molar-refractivity contribution in [3.8, 4) is 0 Å². The van der Waals surface area contributed by atoms with Crippen molar-refractivity contribution in [2.75, 3.05) is 7.05 Å². The maximum absolute atomic E-state index is 13.9. The Morgan fingerprint density at radius 1 is 0.900 bits per heavy atom. The largest absolute Gasteiger partial charge is 0.309 e. The van der Waals surface area contributed by atoms with E-state index < -0.39 is 29.3 Å². The van der Waals surface area contributed by atoms with Crippen LogP contribution in [0, 0.1) is 23.3 Å². The van der Waals surface area contributed by atoms with Gasteiger partial charge in [-0.2, -0.15) is 0 Å². The third-order valence-electron chi connectivity index (χ3n) is 2.86. The Labute approximate surface area is 118 Å². The third kappa shape index (κ3) is 2.94. The highest BCUT2D eigenvalue weighted by atomic mass is 35.5. The van der Waals surface area contributed by atoms with Crippen molar-refractivity contribution in [1.29, 1.82) is 0 Å². The SMILES string of the molecule is CNC(c1cc(F)cc(F)c1)c1cc(F)c(Cl)cc1F. The lowest BCUT2D eigenvalue weighted by Gasteiger charge is -2.18. The molecule has 1 nitrogen and oxygen atoms in total. The van der Waals surface area contributed by atoms with E-state index in [0.717, 1.165) is 24.3 Å². The lowest BCUT2D eigenvalue weighted by atomic mass is 9.98. The maximum Gasteiger partial charge on any atom is 0.142 e. The number of halogens is 5. The van der Waals surface area contributed by atoms with Gasteiger partial charge in [-0.1, -0.05) is 11.6 Å². The fourth-order valence-electron chi connectivity index (χ4n) is 2.00. The predicted molar refractivity (Wildman–Crippen MR) is 68.6 cm³/mol. The minimum absolute atomic E-state index is 0.0839. The second kappa shape index (κ2) is 5.81. The first-order valence-electron chi connectivity index (χ1n) is 5.70. The van der Waals surface area contributed by atoms with Crippen LogP contribution in [0.5, 0.6) is 0 Å². The summed E-state index contributed by atoms with van der Waals surface area (Å²) in [6.07, 6.45) is 0. The molecule has 2 aromatic carbocycles. The first-order valence-corrected chi connectivity index (χ1v) is 6.08. The van der Waals surface area contributed by atoms with Crippen LogP contribution in [0.1, 0.15) is 17.2 Å². The molecule has 0 saturated heterocycles. The Morgan fingerprint density at radius 2 is 1.50 bits per heavy atom. The molecule has 6 heteroatoms. The summed E-state index contributed by atoms with van der Waals surface area (Å²) < 4.78 is 53.8. The van der Waals surface area contributed by atoms with Crippen LogP contribution in [0.15, 0.2) is 30.3 Å². The Morgan fingerprint density at radius 3 is 2.05 bits per heavy atom. The van der Waals surface area contributed by atoms with E-state index in [4.69, 9.17) is 11.6 Å². The summed E-state index contributed by atoms with van der Waals surface area (Å²) in [5.74, 6) is -3.16. The molecule has 20 heavy (non-hydrogen) atoms. The Hall–Kier alpha value is -1.59. The molecule has 1 N–H and O–H groups in total. The highest BCUT2D eigenvalue weighted by Gasteiger charge is 2.20. The predicted octanol–water partition coefficient (Wildman–Crippen LogP) is 4.21. The van der Waals surface area contributed by atoms with Crippen molar-refractivity contribution < 1.29 is 17.6 Å². The molecule has 106 valence electrons. The van der Waals surface area contributed by atoms with Gasteiger partial charge in [-0.05, 0) is 36.9 Å².